The largest absolute Gasteiger partial charge is 0.481 e. The second-order valence-corrected chi connectivity index (χ2v) is 3.73. The number of carbonyl (C=O) groups excluding carboxylic acids is 1. The lowest BCUT2D eigenvalue weighted by Gasteiger charge is -2.17. The summed E-state index contributed by atoms with van der Waals surface area (Å²) >= 11 is 0. The van der Waals surface area contributed by atoms with E-state index in [9.17, 15) is 22.8 Å². The predicted octanol–water partition coefficient (Wildman–Crippen LogP) is 0.275. The summed E-state index contributed by atoms with van der Waals surface area (Å²) in [7, 11) is 0. The van der Waals surface area contributed by atoms with E-state index in [0.717, 1.165) is 0 Å². The highest BCUT2D eigenvalue weighted by Gasteiger charge is 2.42. The van der Waals surface area contributed by atoms with E-state index >= 15 is 0 Å². The number of nitrogens with two attached hydrogens (primary N) is 2. The maximum Gasteiger partial charge on any atom is 0.450 e. The van der Waals surface area contributed by atoms with Gasteiger partial charge in [-0.1, -0.05) is 0 Å². The lowest BCUT2D eigenvalue weighted by atomic mass is 9.95. The Bertz CT molecular complexity index is 281. The number of alkyl halides is 3. The van der Waals surface area contributed by atoms with Crippen LogP contribution in [-0.4, -0.2) is 35.6 Å². The van der Waals surface area contributed by atoms with Gasteiger partial charge in [0.1, 0.15) is 0 Å². The van der Waals surface area contributed by atoms with Gasteiger partial charge >= 0.3 is 12.1 Å². The molecule has 0 spiro atoms. The van der Waals surface area contributed by atoms with Gasteiger partial charge in [0, 0.05) is 18.5 Å². The molecular weight excluding hydrogens is 241 g/mol. The second-order valence-electron chi connectivity index (χ2n) is 3.73. The lowest BCUT2D eigenvalue weighted by molar-refractivity contribution is -0.175. The van der Waals surface area contributed by atoms with Crippen molar-refractivity contribution in [2.45, 2.75) is 31.5 Å². The fraction of sp³-hybridized carbons (Fsp3) is 0.778. The summed E-state index contributed by atoms with van der Waals surface area (Å²) in [6, 6.07) is -0.775. The zero-order valence-corrected chi connectivity index (χ0v) is 9.04. The van der Waals surface area contributed by atoms with Crippen LogP contribution in [0.5, 0.6) is 0 Å². The molecule has 0 amide bonds. The minimum absolute atomic E-state index is 0.00991. The molecule has 0 rings (SSSR count). The Morgan fingerprint density at radius 2 is 1.76 bits per heavy atom. The summed E-state index contributed by atoms with van der Waals surface area (Å²) in [5, 5.41) is 8.39. The quantitative estimate of drug-likeness (QED) is 0.606. The van der Waals surface area contributed by atoms with Crippen LogP contribution in [0.3, 0.4) is 0 Å². The molecular formula is C9H15F3N2O3. The van der Waals surface area contributed by atoms with Gasteiger partial charge in [-0.3, -0.25) is 9.59 Å². The van der Waals surface area contributed by atoms with Crippen LogP contribution < -0.4 is 11.5 Å². The first-order valence-corrected chi connectivity index (χ1v) is 4.97. The molecule has 2 atom stereocenters. The fourth-order valence-corrected chi connectivity index (χ4v) is 1.33. The number of carboxylic acids is 1. The van der Waals surface area contributed by atoms with Gasteiger partial charge in [-0.2, -0.15) is 13.2 Å². The normalized spacial score (nSPS) is 15.4. The third kappa shape index (κ3) is 6.22. The molecule has 0 aromatic carbocycles. The van der Waals surface area contributed by atoms with E-state index in [1.165, 1.54) is 0 Å². The predicted molar refractivity (Wildman–Crippen MR) is 53.1 cm³/mol. The number of Topliss-reactive ketones (excluding diaryl/α,β-unsaturated/α-hetero) is 1. The molecule has 0 aliphatic heterocycles. The summed E-state index contributed by atoms with van der Waals surface area (Å²) in [5.74, 6) is -4.37. The molecule has 8 heteroatoms. The van der Waals surface area contributed by atoms with Crippen molar-refractivity contribution in [2.24, 2.45) is 17.4 Å². The van der Waals surface area contributed by atoms with Gasteiger partial charge in [-0.05, 0) is 12.8 Å². The Morgan fingerprint density at radius 3 is 2.12 bits per heavy atom. The van der Waals surface area contributed by atoms with Gasteiger partial charge in [0.15, 0.2) is 0 Å². The molecule has 0 aliphatic carbocycles. The Balaban J connectivity index is 4.24. The van der Waals surface area contributed by atoms with E-state index in [1.807, 2.05) is 0 Å². The molecule has 1 unspecified atom stereocenters. The van der Waals surface area contributed by atoms with Crippen molar-refractivity contribution >= 4 is 11.8 Å². The highest BCUT2D eigenvalue weighted by molar-refractivity contribution is 5.86. The third-order valence-corrected chi connectivity index (χ3v) is 2.26. The maximum absolute atomic E-state index is 12.1. The van der Waals surface area contributed by atoms with Crippen molar-refractivity contribution in [3.63, 3.8) is 0 Å². The summed E-state index contributed by atoms with van der Waals surface area (Å²) in [6.07, 6.45) is -5.42. The van der Waals surface area contributed by atoms with Crippen molar-refractivity contribution < 1.29 is 27.9 Å². The first-order valence-electron chi connectivity index (χ1n) is 4.97. The molecule has 0 aliphatic rings. The maximum atomic E-state index is 12.1. The Morgan fingerprint density at radius 1 is 1.24 bits per heavy atom. The van der Waals surface area contributed by atoms with E-state index in [0.29, 0.717) is 0 Å². The number of hydrogen-bond donors (Lipinski definition) is 3. The first kappa shape index (κ1) is 15.9. The van der Waals surface area contributed by atoms with Crippen LogP contribution in [0.2, 0.25) is 0 Å². The molecule has 0 fully saturated rings. The molecule has 0 radical (unpaired) electrons. The minimum atomic E-state index is -4.92. The fourth-order valence-electron chi connectivity index (χ4n) is 1.33. The molecule has 0 aromatic heterocycles. The van der Waals surface area contributed by atoms with E-state index in [4.69, 9.17) is 16.6 Å². The Hall–Kier alpha value is -1.15. The Labute approximate surface area is 96.0 Å². The van der Waals surface area contributed by atoms with Crippen LogP contribution in [-0.2, 0) is 9.59 Å². The summed E-state index contributed by atoms with van der Waals surface area (Å²) in [4.78, 5) is 21.1. The van der Waals surface area contributed by atoms with E-state index in [1.54, 1.807) is 0 Å². The SMILES string of the molecule is NCC(CC[C@H](N)CC(=O)O)C(=O)C(F)(F)F. The monoisotopic (exact) mass is 256 g/mol. The molecule has 17 heavy (non-hydrogen) atoms. The van der Waals surface area contributed by atoms with Crippen LogP contribution in [0, 0.1) is 5.92 Å². The van der Waals surface area contributed by atoms with Crippen LogP contribution in [0.25, 0.3) is 0 Å². The highest BCUT2D eigenvalue weighted by atomic mass is 19.4. The number of halogens is 3. The number of carbonyl (C=O) groups is 2. The first-order chi connectivity index (χ1) is 7.68. The van der Waals surface area contributed by atoms with Gasteiger partial charge in [0.2, 0.25) is 5.78 Å². The second kappa shape index (κ2) is 6.55. The van der Waals surface area contributed by atoms with Gasteiger partial charge < -0.3 is 16.6 Å². The zero-order valence-electron chi connectivity index (χ0n) is 9.04. The molecule has 5 nitrogen and oxygen atoms in total. The van der Waals surface area contributed by atoms with Gasteiger partial charge in [-0.15, -0.1) is 0 Å². The summed E-state index contributed by atoms with van der Waals surface area (Å²) in [6.45, 7) is -0.432. The number of aliphatic carboxylic acids is 1. The van der Waals surface area contributed by atoms with Crippen molar-refractivity contribution in [1.29, 1.82) is 0 Å². The lowest BCUT2D eigenvalue weighted by Crippen LogP contribution is -2.36. The summed E-state index contributed by atoms with van der Waals surface area (Å²) < 4.78 is 36.3. The van der Waals surface area contributed by atoms with Crippen molar-refractivity contribution in [3.8, 4) is 0 Å². The van der Waals surface area contributed by atoms with Crippen molar-refractivity contribution in [1.82, 2.24) is 0 Å². The van der Waals surface area contributed by atoms with Gasteiger partial charge in [0.25, 0.3) is 0 Å². The number of ketones is 1. The van der Waals surface area contributed by atoms with E-state index in [-0.39, 0.29) is 19.3 Å². The average Bonchev–Trinajstić information content (AvgIpc) is 2.15. The van der Waals surface area contributed by atoms with Gasteiger partial charge in [-0.25, -0.2) is 0 Å². The molecule has 0 bridgehead atoms. The van der Waals surface area contributed by atoms with Crippen LogP contribution in [0.15, 0.2) is 0 Å². The molecule has 5 N–H and O–H groups in total. The third-order valence-electron chi connectivity index (χ3n) is 2.26. The molecule has 100 valence electrons. The standard InChI is InChI=1S/C9H15F3N2O3/c10-9(11,12)8(17)5(4-13)1-2-6(14)3-7(15)16/h5-6H,1-4,13-14H2,(H,15,16)/t5?,6-/m0/s1. The van der Waals surface area contributed by atoms with Crippen molar-refractivity contribution in [3.05, 3.63) is 0 Å². The molecule has 0 heterocycles. The number of hydrogen-bond acceptors (Lipinski definition) is 4. The van der Waals surface area contributed by atoms with Crippen LogP contribution in [0.1, 0.15) is 19.3 Å². The van der Waals surface area contributed by atoms with Crippen LogP contribution >= 0.6 is 0 Å². The van der Waals surface area contributed by atoms with Gasteiger partial charge in [0.05, 0.1) is 6.42 Å². The molecule has 0 aromatic rings. The zero-order chi connectivity index (χ0) is 13.6. The van der Waals surface area contributed by atoms with Crippen molar-refractivity contribution in [2.75, 3.05) is 6.54 Å². The molecule has 0 saturated heterocycles. The van der Waals surface area contributed by atoms with E-state index in [2.05, 4.69) is 0 Å². The highest BCUT2D eigenvalue weighted by Crippen LogP contribution is 2.23. The smallest absolute Gasteiger partial charge is 0.450 e. The Kier molecular flexibility index (Phi) is 6.11. The van der Waals surface area contributed by atoms with E-state index < -0.39 is 36.4 Å². The molecule has 0 saturated carbocycles. The number of carboxylic acid groups (broad SMARTS) is 1. The summed E-state index contributed by atoms with van der Waals surface area (Å²) in [5.41, 5.74) is 10.5. The topological polar surface area (TPSA) is 106 Å². The average molecular weight is 256 g/mol. The minimum Gasteiger partial charge on any atom is -0.481 e. The number of rotatable bonds is 7. The van der Waals surface area contributed by atoms with Crippen LogP contribution in [0.4, 0.5) is 13.2 Å².